The number of hydrogen-bond donors (Lipinski definition) is 1. The maximum absolute atomic E-state index is 14.5. The van der Waals surface area contributed by atoms with Crippen LogP contribution in [0, 0.1) is 11.6 Å². The summed E-state index contributed by atoms with van der Waals surface area (Å²) in [6.07, 6.45) is -3.35. The Labute approximate surface area is 201 Å². The molecule has 2 atom stereocenters. The summed E-state index contributed by atoms with van der Waals surface area (Å²) in [5, 5.41) is 5.45. The topological polar surface area (TPSA) is 126 Å². The van der Waals surface area contributed by atoms with E-state index in [1.807, 2.05) is 0 Å². The molecule has 196 valence electrons. The van der Waals surface area contributed by atoms with Gasteiger partial charge in [0.1, 0.15) is 22.6 Å². The highest BCUT2D eigenvalue weighted by Crippen LogP contribution is 2.31. The van der Waals surface area contributed by atoms with Gasteiger partial charge in [-0.15, -0.1) is 0 Å². The van der Waals surface area contributed by atoms with Gasteiger partial charge in [-0.05, 0) is 30.5 Å². The lowest BCUT2D eigenvalue weighted by atomic mass is 9.96. The Morgan fingerprint density at radius 1 is 1.11 bits per heavy atom. The van der Waals surface area contributed by atoms with Crippen molar-refractivity contribution in [3.05, 3.63) is 29.6 Å². The number of carbonyl (C=O) groups excluding carboxylic acids is 2. The molecule has 1 aromatic heterocycles. The molecule has 0 spiro atoms. The van der Waals surface area contributed by atoms with Crippen LogP contribution in [-0.2, 0) is 25.6 Å². The Bertz CT molecular complexity index is 1300. The van der Waals surface area contributed by atoms with Crippen LogP contribution in [0.4, 0.5) is 33.7 Å². The minimum atomic E-state index is -4.83. The van der Waals surface area contributed by atoms with Crippen molar-refractivity contribution < 1.29 is 44.5 Å². The van der Waals surface area contributed by atoms with Crippen molar-refractivity contribution in [3.63, 3.8) is 0 Å². The van der Waals surface area contributed by atoms with Crippen LogP contribution in [-0.4, -0.2) is 66.7 Å². The van der Waals surface area contributed by atoms with E-state index in [-0.39, 0.29) is 38.0 Å². The van der Waals surface area contributed by atoms with Crippen molar-refractivity contribution in [2.75, 3.05) is 29.6 Å². The summed E-state index contributed by atoms with van der Waals surface area (Å²) in [5.41, 5.74) is -0.386. The Hall–Kier alpha value is -3.30. The Kier molecular flexibility index (Phi) is 6.66. The second-order valence-corrected chi connectivity index (χ2v) is 10.5. The monoisotopic (exact) mass is 537 g/mol. The van der Waals surface area contributed by atoms with E-state index < -0.39 is 68.3 Å². The summed E-state index contributed by atoms with van der Waals surface area (Å²) >= 11 is 0. The maximum Gasteiger partial charge on any atom is 0.455 e. The smallest absolute Gasteiger partial charge is 0.371 e. The fourth-order valence-electron chi connectivity index (χ4n) is 4.23. The molecule has 3 heterocycles. The molecule has 2 unspecified atom stereocenters. The number of sulfone groups is 1. The van der Waals surface area contributed by atoms with Crippen LogP contribution in [0.3, 0.4) is 0 Å². The van der Waals surface area contributed by atoms with Gasteiger partial charge >= 0.3 is 12.2 Å². The molecule has 0 bridgehead atoms. The third kappa shape index (κ3) is 5.12. The molecule has 10 nitrogen and oxygen atoms in total. The molecule has 2 aliphatic heterocycles. The number of benzene rings is 1. The van der Waals surface area contributed by atoms with Crippen LogP contribution >= 0.6 is 0 Å². The van der Waals surface area contributed by atoms with E-state index in [9.17, 15) is 40.0 Å². The van der Waals surface area contributed by atoms with Gasteiger partial charge in [0.15, 0.2) is 9.84 Å². The molecule has 4 rings (SSSR count). The van der Waals surface area contributed by atoms with Gasteiger partial charge in [0.2, 0.25) is 11.8 Å². The number of nitrogens with one attached hydrogen (secondary N) is 1. The lowest BCUT2D eigenvalue weighted by Gasteiger charge is -2.41. The number of piperidine rings is 2. The highest BCUT2D eigenvalue weighted by molar-refractivity contribution is 7.90. The number of aromatic nitrogens is 2. The molecule has 0 radical (unpaired) electrons. The molecule has 2 fully saturated rings. The number of anilines is 2. The van der Waals surface area contributed by atoms with Crippen molar-refractivity contribution in [2.45, 2.75) is 48.8 Å². The average molecular weight is 537 g/mol. The first-order chi connectivity index (χ1) is 16.8. The molecule has 2 saturated heterocycles. The largest absolute Gasteiger partial charge is 0.455 e. The molecule has 36 heavy (non-hydrogen) atoms. The van der Waals surface area contributed by atoms with Crippen LogP contribution in [0.25, 0.3) is 0 Å². The van der Waals surface area contributed by atoms with Crippen LogP contribution < -0.4 is 10.2 Å². The van der Waals surface area contributed by atoms with Crippen LogP contribution in [0.15, 0.2) is 21.6 Å². The van der Waals surface area contributed by atoms with Gasteiger partial charge in [-0.25, -0.2) is 17.2 Å². The Morgan fingerprint density at radius 3 is 2.44 bits per heavy atom. The van der Waals surface area contributed by atoms with E-state index in [0.717, 1.165) is 11.2 Å². The van der Waals surface area contributed by atoms with Gasteiger partial charge in [-0.2, -0.15) is 18.2 Å². The predicted molar refractivity (Wildman–Crippen MR) is 113 cm³/mol. The van der Waals surface area contributed by atoms with E-state index in [0.29, 0.717) is 18.6 Å². The van der Waals surface area contributed by atoms with Crippen molar-refractivity contribution in [3.8, 4) is 0 Å². The fraction of sp³-hybridized carbons (Fsp3) is 0.500. The summed E-state index contributed by atoms with van der Waals surface area (Å²) in [6, 6.07) is -0.932. The molecular weight excluding hydrogens is 517 g/mol. The zero-order valence-electron chi connectivity index (χ0n) is 18.7. The van der Waals surface area contributed by atoms with Crippen molar-refractivity contribution in [1.29, 1.82) is 0 Å². The first-order valence-electron chi connectivity index (χ1n) is 10.7. The standard InChI is InChI=1S/C20H20F5N5O5S/c1-36(33,34)15-9-11(21)14(8-12(15)22)26-13-3-2-5-29(17(13)32)10-4-6-30(16(31)7-10)19-27-18(28-35-19)20(23,24)25/h8-10,13,26H,2-7H2,1H3. The zero-order chi connectivity index (χ0) is 26.4. The lowest BCUT2D eigenvalue weighted by molar-refractivity contribution is -0.146. The molecule has 2 aromatic rings. The van der Waals surface area contributed by atoms with Gasteiger partial charge in [0, 0.05) is 37.9 Å². The fourth-order valence-corrected chi connectivity index (χ4v) is 4.96. The number of nitrogens with zero attached hydrogens (tertiary/aromatic N) is 4. The number of carbonyl (C=O) groups is 2. The van der Waals surface area contributed by atoms with E-state index in [1.54, 1.807) is 0 Å². The van der Waals surface area contributed by atoms with Gasteiger partial charge in [0.25, 0.3) is 5.82 Å². The van der Waals surface area contributed by atoms with Gasteiger partial charge in [-0.1, -0.05) is 0 Å². The van der Waals surface area contributed by atoms with E-state index >= 15 is 0 Å². The number of alkyl halides is 3. The van der Waals surface area contributed by atoms with Crippen LogP contribution in [0.5, 0.6) is 0 Å². The van der Waals surface area contributed by atoms with Crippen molar-refractivity contribution in [2.24, 2.45) is 0 Å². The van der Waals surface area contributed by atoms with Crippen LogP contribution in [0.1, 0.15) is 31.5 Å². The second-order valence-electron chi connectivity index (χ2n) is 8.50. The Morgan fingerprint density at radius 2 is 1.83 bits per heavy atom. The molecule has 0 saturated carbocycles. The minimum absolute atomic E-state index is 0.0718. The molecule has 16 heteroatoms. The van der Waals surface area contributed by atoms with E-state index in [1.165, 1.54) is 4.90 Å². The quantitative estimate of drug-likeness (QED) is 0.577. The average Bonchev–Trinajstić information content (AvgIpc) is 3.27. The number of hydrogen-bond acceptors (Lipinski definition) is 8. The molecule has 2 aliphatic rings. The van der Waals surface area contributed by atoms with E-state index in [2.05, 4.69) is 20.0 Å². The zero-order valence-corrected chi connectivity index (χ0v) is 19.5. The number of likely N-dealkylation sites (tertiary alicyclic amines) is 1. The number of amides is 2. The predicted octanol–water partition coefficient (Wildman–Crippen LogP) is 2.37. The highest BCUT2D eigenvalue weighted by Gasteiger charge is 2.41. The molecule has 1 N–H and O–H groups in total. The van der Waals surface area contributed by atoms with Crippen LogP contribution in [0.2, 0.25) is 0 Å². The highest BCUT2D eigenvalue weighted by atomic mass is 32.2. The molecule has 2 amide bonds. The summed E-state index contributed by atoms with van der Waals surface area (Å²) in [7, 11) is -4.00. The van der Waals surface area contributed by atoms with Gasteiger partial charge in [0.05, 0.1) is 5.69 Å². The lowest BCUT2D eigenvalue weighted by Crippen LogP contribution is -2.56. The first-order valence-corrected chi connectivity index (χ1v) is 12.6. The molecule has 1 aromatic carbocycles. The van der Waals surface area contributed by atoms with E-state index in [4.69, 9.17) is 0 Å². The number of halogens is 5. The maximum atomic E-state index is 14.5. The normalized spacial score (nSPS) is 21.7. The molecular formula is C20H20F5N5O5S. The second kappa shape index (κ2) is 9.29. The summed E-state index contributed by atoms with van der Waals surface area (Å²) < 4.78 is 94.6. The Balaban J connectivity index is 1.44. The van der Waals surface area contributed by atoms with Crippen molar-refractivity contribution in [1.82, 2.24) is 15.0 Å². The summed E-state index contributed by atoms with van der Waals surface area (Å²) in [4.78, 5) is 30.4. The molecule has 0 aliphatic carbocycles. The summed E-state index contributed by atoms with van der Waals surface area (Å²) in [6.45, 7) is 0.218. The first kappa shape index (κ1) is 25.8. The SMILES string of the molecule is CS(=O)(=O)c1cc(F)c(NC2CCCN(C3CCN(c4nc(C(F)(F)F)no4)C(=O)C3)C2=O)cc1F. The minimum Gasteiger partial charge on any atom is -0.371 e. The van der Waals surface area contributed by atoms with Crippen molar-refractivity contribution >= 4 is 33.4 Å². The third-order valence-corrected chi connectivity index (χ3v) is 7.07. The van der Waals surface area contributed by atoms with Gasteiger partial charge in [-0.3, -0.25) is 14.5 Å². The van der Waals surface area contributed by atoms with Gasteiger partial charge < -0.3 is 14.7 Å². The number of rotatable bonds is 5. The third-order valence-electron chi connectivity index (χ3n) is 5.96. The summed E-state index contributed by atoms with van der Waals surface area (Å²) in [5.74, 6) is -4.83.